The second kappa shape index (κ2) is 9.42. The molecule has 0 saturated carbocycles. The zero-order valence-corrected chi connectivity index (χ0v) is 24.9. The van der Waals surface area contributed by atoms with E-state index in [1.807, 2.05) is 24.3 Å². The Morgan fingerprint density at radius 3 is 1.90 bits per heavy atom. The van der Waals surface area contributed by atoms with E-state index in [0.717, 1.165) is 50.6 Å². The van der Waals surface area contributed by atoms with Crippen molar-refractivity contribution in [3.05, 3.63) is 124 Å². The van der Waals surface area contributed by atoms with Crippen molar-refractivity contribution in [2.45, 2.75) is 31.8 Å². The van der Waals surface area contributed by atoms with Crippen LogP contribution in [0, 0.1) is 6.92 Å². The molecule has 1 aliphatic heterocycles. The highest BCUT2D eigenvalue weighted by Gasteiger charge is 2.44. The molecule has 210 valence electrons. The zero-order valence-electron chi connectivity index (χ0n) is 24.9. The molecule has 1 aliphatic carbocycles. The predicted molar refractivity (Wildman–Crippen MR) is 169 cm³/mol. The molecular formula is C38H34O4. The lowest BCUT2D eigenvalue weighted by Crippen LogP contribution is -2.35. The van der Waals surface area contributed by atoms with Gasteiger partial charge in [0, 0.05) is 27.5 Å². The molecule has 4 nitrogen and oxygen atoms in total. The number of hydrogen-bond acceptors (Lipinski definition) is 4. The predicted octanol–water partition coefficient (Wildman–Crippen LogP) is 8.83. The Balaban J connectivity index is 1.56. The summed E-state index contributed by atoms with van der Waals surface area (Å²) in [5.41, 5.74) is 8.33. The molecule has 4 heteroatoms. The van der Waals surface area contributed by atoms with Gasteiger partial charge in [0.05, 0.1) is 21.3 Å². The normalized spacial score (nSPS) is 15.4. The van der Waals surface area contributed by atoms with Gasteiger partial charge in [-0.25, -0.2) is 0 Å². The largest absolute Gasteiger partial charge is 0.497 e. The van der Waals surface area contributed by atoms with E-state index in [0.29, 0.717) is 0 Å². The average Bonchev–Trinajstić information content (AvgIpc) is 3.27. The van der Waals surface area contributed by atoms with Crippen LogP contribution in [0.4, 0.5) is 0 Å². The van der Waals surface area contributed by atoms with Crippen molar-refractivity contribution in [3.63, 3.8) is 0 Å². The van der Waals surface area contributed by atoms with Gasteiger partial charge in [-0.2, -0.15) is 0 Å². The Kier molecular flexibility index (Phi) is 5.88. The zero-order chi connectivity index (χ0) is 29.2. The lowest BCUT2D eigenvalue weighted by Gasteiger charge is -2.38. The average molecular weight is 555 g/mol. The van der Waals surface area contributed by atoms with Crippen LogP contribution in [0.2, 0.25) is 0 Å². The monoisotopic (exact) mass is 554 g/mol. The molecule has 0 radical (unpaired) electrons. The van der Waals surface area contributed by atoms with E-state index in [9.17, 15) is 0 Å². The Morgan fingerprint density at radius 2 is 1.31 bits per heavy atom. The number of rotatable bonds is 5. The molecule has 2 aliphatic rings. The maximum absolute atomic E-state index is 7.38. The molecule has 0 N–H and O–H groups in total. The van der Waals surface area contributed by atoms with Gasteiger partial charge in [0.2, 0.25) is 0 Å². The fourth-order valence-corrected chi connectivity index (χ4v) is 6.96. The molecular weight excluding hydrogens is 520 g/mol. The molecule has 42 heavy (non-hydrogen) atoms. The van der Waals surface area contributed by atoms with Gasteiger partial charge in [-0.3, -0.25) is 0 Å². The van der Waals surface area contributed by atoms with E-state index in [-0.39, 0.29) is 5.41 Å². The van der Waals surface area contributed by atoms with Gasteiger partial charge in [0.15, 0.2) is 5.60 Å². The highest BCUT2D eigenvalue weighted by atomic mass is 16.5. The number of methoxy groups -OCH3 is 3. The fraction of sp³-hybridized carbons (Fsp3) is 0.211. The van der Waals surface area contributed by atoms with Crippen LogP contribution in [-0.4, -0.2) is 21.3 Å². The molecule has 0 unspecified atom stereocenters. The smallest absolute Gasteiger partial charge is 0.178 e. The van der Waals surface area contributed by atoms with E-state index in [1.54, 1.807) is 21.3 Å². The van der Waals surface area contributed by atoms with Crippen LogP contribution in [0.3, 0.4) is 0 Å². The first-order chi connectivity index (χ1) is 20.3. The van der Waals surface area contributed by atoms with Crippen LogP contribution in [0.25, 0.3) is 28.0 Å². The van der Waals surface area contributed by atoms with Crippen LogP contribution in [0.5, 0.6) is 23.0 Å². The second-order valence-electron chi connectivity index (χ2n) is 11.7. The molecule has 7 rings (SSSR count). The lowest BCUT2D eigenvalue weighted by atomic mass is 9.76. The summed E-state index contributed by atoms with van der Waals surface area (Å²) in [4.78, 5) is 0. The maximum atomic E-state index is 7.38. The van der Waals surface area contributed by atoms with Crippen LogP contribution in [-0.2, 0) is 11.0 Å². The van der Waals surface area contributed by atoms with E-state index in [2.05, 4.69) is 93.6 Å². The molecule has 0 bridgehead atoms. The minimum atomic E-state index is -0.875. The van der Waals surface area contributed by atoms with Gasteiger partial charge >= 0.3 is 0 Å². The summed E-state index contributed by atoms with van der Waals surface area (Å²) in [7, 11) is 5.10. The summed E-state index contributed by atoms with van der Waals surface area (Å²) in [6.45, 7) is 6.75. The van der Waals surface area contributed by atoms with Gasteiger partial charge in [-0.1, -0.05) is 68.5 Å². The highest BCUT2D eigenvalue weighted by Crippen LogP contribution is 2.58. The first-order valence-corrected chi connectivity index (χ1v) is 14.3. The summed E-state index contributed by atoms with van der Waals surface area (Å²) in [6, 6.07) is 29.5. The Bertz CT molecular complexity index is 1830. The fourth-order valence-electron chi connectivity index (χ4n) is 6.96. The van der Waals surface area contributed by atoms with Crippen molar-refractivity contribution in [2.24, 2.45) is 0 Å². The van der Waals surface area contributed by atoms with Gasteiger partial charge in [-0.05, 0) is 82.6 Å². The van der Waals surface area contributed by atoms with Crippen molar-refractivity contribution < 1.29 is 18.9 Å². The topological polar surface area (TPSA) is 36.9 Å². The molecule has 0 spiro atoms. The molecule has 0 aromatic heterocycles. The lowest BCUT2D eigenvalue weighted by molar-refractivity contribution is 0.163. The SMILES string of the molecule is COc1ccc(C2(c3ccc(OC)cc3)C=Cc3c4c(c5cc(C)c(OC)cc5c3O2)-c2ccccc2C4(C)C)cc1. The molecule has 0 amide bonds. The van der Waals surface area contributed by atoms with Crippen LogP contribution in [0.15, 0.2) is 91.0 Å². The van der Waals surface area contributed by atoms with Crippen molar-refractivity contribution >= 4 is 16.8 Å². The number of aryl methyl sites for hydroxylation is 1. The molecule has 0 atom stereocenters. The Morgan fingerprint density at radius 1 is 0.690 bits per heavy atom. The highest BCUT2D eigenvalue weighted by molar-refractivity contribution is 6.09. The molecule has 5 aromatic rings. The summed E-state index contributed by atoms with van der Waals surface area (Å²) >= 11 is 0. The van der Waals surface area contributed by atoms with Crippen molar-refractivity contribution in [1.82, 2.24) is 0 Å². The van der Waals surface area contributed by atoms with Crippen molar-refractivity contribution in [2.75, 3.05) is 21.3 Å². The minimum absolute atomic E-state index is 0.202. The van der Waals surface area contributed by atoms with E-state index in [4.69, 9.17) is 18.9 Å². The molecule has 0 saturated heterocycles. The Hall–Kier alpha value is -4.70. The summed E-state index contributed by atoms with van der Waals surface area (Å²) in [6.07, 6.45) is 4.47. The number of hydrogen-bond donors (Lipinski definition) is 0. The first-order valence-electron chi connectivity index (χ1n) is 14.3. The van der Waals surface area contributed by atoms with Crippen LogP contribution in [0.1, 0.15) is 47.2 Å². The van der Waals surface area contributed by atoms with Crippen molar-refractivity contribution in [3.8, 4) is 34.1 Å². The number of fused-ring (bicyclic) bond motifs is 8. The second-order valence-corrected chi connectivity index (χ2v) is 11.7. The summed E-state index contributed by atoms with van der Waals surface area (Å²) < 4.78 is 24.2. The Labute approximate surface area is 247 Å². The van der Waals surface area contributed by atoms with Gasteiger partial charge < -0.3 is 18.9 Å². The van der Waals surface area contributed by atoms with Crippen LogP contribution >= 0.6 is 0 Å². The minimum Gasteiger partial charge on any atom is -0.497 e. The molecule has 0 fully saturated rings. The van der Waals surface area contributed by atoms with Crippen molar-refractivity contribution in [1.29, 1.82) is 0 Å². The van der Waals surface area contributed by atoms with Gasteiger partial charge in [-0.15, -0.1) is 0 Å². The van der Waals surface area contributed by atoms with Gasteiger partial charge in [0.25, 0.3) is 0 Å². The van der Waals surface area contributed by atoms with Crippen LogP contribution < -0.4 is 18.9 Å². The molecule has 1 heterocycles. The third-order valence-corrected chi connectivity index (χ3v) is 9.09. The van der Waals surface area contributed by atoms with E-state index < -0.39 is 5.60 Å². The first kappa shape index (κ1) is 26.2. The quantitative estimate of drug-likeness (QED) is 0.218. The third-order valence-electron chi connectivity index (χ3n) is 9.09. The van der Waals surface area contributed by atoms with Gasteiger partial charge in [0.1, 0.15) is 23.0 Å². The third kappa shape index (κ3) is 3.61. The van der Waals surface area contributed by atoms with E-state index in [1.165, 1.54) is 27.6 Å². The number of benzene rings is 5. The maximum Gasteiger partial charge on any atom is 0.178 e. The molecule has 5 aromatic carbocycles. The standard InChI is InChI=1S/C38H34O4/c1-23-21-30-31(22-33(23)41-6)36-29(35-34(30)28-9-7-8-10-32(28)37(35,2)3)19-20-38(42-36,24-11-15-26(39-4)16-12-24)25-13-17-27(40-5)18-14-25/h7-22H,1-6H3. The van der Waals surface area contributed by atoms with E-state index >= 15 is 0 Å². The number of ether oxygens (including phenoxy) is 4. The summed E-state index contributed by atoms with van der Waals surface area (Å²) in [5, 5.41) is 2.21. The summed E-state index contributed by atoms with van der Waals surface area (Å²) in [5.74, 6) is 3.29.